The van der Waals surface area contributed by atoms with Crippen molar-refractivity contribution < 1.29 is 19.8 Å². The van der Waals surface area contributed by atoms with E-state index in [1.165, 1.54) is 18.2 Å². The van der Waals surface area contributed by atoms with Gasteiger partial charge in [0.05, 0.1) is 0 Å². The molecular weight excluding hydrogens is 254 g/mol. The molecule has 1 fully saturated rings. The average molecular weight is 267 g/mol. The summed E-state index contributed by atoms with van der Waals surface area (Å²) in [5, 5.41) is 20.9. The molecule has 1 saturated heterocycles. The zero-order valence-corrected chi connectivity index (χ0v) is 10.4. The second-order valence-corrected chi connectivity index (χ2v) is 5.24. The van der Waals surface area contributed by atoms with E-state index in [2.05, 4.69) is 5.32 Å². The minimum atomic E-state index is -1.22. The van der Waals surface area contributed by atoms with E-state index in [1.54, 1.807) is 11.8 Å². The second-order valence-electron chi connectivity index (χ2n) is 4.09. The van der Waals surface area contributed by atoms with Gasteiger partial charge in [0.15, 0.2) is 0 Å². The van der Waals surface area contributed by atoms with E-state index in [4.69, 9.17) is 5.11 Å². The second kappa shape index (κ2) is 5.30. The highest BCUT2D eigenvalue weighted by molar-refractivity contribution is 7.99. The number of aromatic carboxylic acids is 1. The van der Waals surface area contributed by atoms with Crippen LogP contribution < -0.4 is 5.32 Å². The van der Waals surface area contributed by atoms with Gasteiger partial charge < -0.3 is 15.5 Å². The van der Waals surface area contributed by atoms with Gasteiger partial charge in [0, 0.05) is 17.4 Å². The number of carbonyl (C=O) groups is 2. The first kappa shape index (κ1) is 12.8. The van der Waals surface area contributed by atoms with Crippen LogP contribution in [0, 0.1) is 5.92 Å². The molecule has 18 heavy (non-hydrogen) atoms. The molecule has 1 amide bonds. The Morgan fingerprint density at radius 3 is 2.78 bits per heavy atom. The highest BCUT2D eigenvalue weighted by Gasteiger charge is 2.23. The Morgan fingerprint density at radius 2 is 2.17 bits per heavy atom. The number of benzene rings is 1. The smallest absolute Gasteiger partial charge is 0.339 e. The van der Waals surface area contributed by atoms with Gasteiger partial charge in [-0.3, -0.25) is 4.79 Å². The van der Waals surface area contributed by atoms with Crippen molar-refractivity contribution in [2.45, 2.75) is 6.42 Å². The molecule has 0 bridgehead atoms. The highest BCUT2D eigenvalue weighted by Crippen LogP contribution is 2.26. The van der Waals surface area contributed by atoms with Crippen LogP contribution in [0.1, 0.15) is 16.8 Å². The van der Waals surface area contributed by atoms with Crippen molar-refractivity contribution in [3.63, 3.8) is 0 Å². The summed E-state index contributed by atoms with van der Waals surface area (Å²) in [4.78, 5) is 22.7. The van der Waals surface area contributed by atoms with E-state index < -0.39 is 5.97 Å². The fourth-order valence-electron chi connectivity index (χ4n) is 1.77. The van der Waals surface area contributed by atoms with Crippen LogP contribution in [-0.2, 0) is 4.79 Å². The zero-order chi connectivity index (χ0) is 13.1. The van der Waals surface area contributed by atoms with Crippen LogP contribution in [0.5, 0.6) is 5.75 Å². The number of aromatic hydroxyl groups is 1. The van der Waals surface area contributed by atoms with E-state index in [-0.39, 0.29) is 23.1 Å². The number of carbonyl (C=O) groups excluding carboxylic acids is 1. The van der Waals surface area contributed by atoms with E-state index in [0.717, 1.165) is 17.9 Å². The van der Waals surface area contributed by atoms with Crippen LogP contribution in [0.3, 0.4) is 0 Å². The van der Waals surface area contributed by atoms with Crippen LogP contribution in [0.25, 0.3) is 0 Å². The first-order valence-corrected chi connectivity index (χ1v) is 6.68. The summed E-state index contributed by atoms with van der Waals surface area (Å²) in [6.07, 6.45) is 0.848. The number of amides is 1. The highest BCUT2D eigenvalue weighted by atomic mass is 32.2. The molecule has 1 aromatic carbocycles. The number of rotatable bonds is 3. The van der Waals surface area contributed by atoms with Gasteiger partial charge in [-0.1, -0.05) is 0 Å². The lowest BCUT2D eigenvalue weighted by Crippen LogP contribution is -2.22. The van der Waals surface area contributed by atoms with Crippen molar-refractivity contribution in [2.75, 3.05) is 16.8 Å². The van der Waals surface area contributed by atoms with Crippen molar-refractivity contribution in [3.8, 4) is 5.75 Å². The van der Waals surface area contributed by atoms with Gasteiger partial charge in [0.2, 0.25) is 5.91 Å². The molecule has 1 aromatic rings. The van der Waals surface area contributed by atoms with Gasteiger partial charge >= 0.3 is 5.97 Å². The Balaban J connectivity index is 2.11. The van der Waals surface area contributed by atoms with Crippen LogP contribution >= 0.6 is 11.8 Å². The molecule has 3 N–H and O–H groups in total. The summed E-state index contributed by atoms with van der Waals surface area (Å²) in [5.41, 5.74) is 0.181. The maximum Gasteiger partial charge on any atom is 0.339 e. The Morgan fingerprint density at radius 1 is 1.39 bits per heavy atom. The lowest BCUT2D eigenvalue weighted by atomic mass is 10.1. The molecule has 1 heterocycles. The molecule has 0 radical (unpaired) electrons. The molecule has 2 rings (SSSR count). The average Bonchev–Trinajstić information content (AvgIpc) is 2.85. The number of nitrogens with one attached hydrogen (secondary N) is 1. The summed E-state index contributed by atoms with van der Waals surface area (Å²) in [6.45, 7) is 0. The minimum absolute atomic E-state index is 0.0166. The molecule has 0 aliphatic carbocycles. The fraction of sp³-hybridized carbons (Fsp3) is 0.333. The number of phenols is 1. The Bertz CT molecular complexity index is 483. The third kappa shape index (κ3) is 2.76. The van der Waals surface area contributed by atoms with Crippen molar-refractivity contribution in [1.82, 2.24) is 0 Å². The molecule has 1 aliphatic heterocycles. The molecular formula is C12H13NO4S. The summed E-state index contributed by atoms with van der Waals surface area (Å²) < 4.78 is 0. The van der Waals surface area contributed by atoms with Crippen LogP contribution in [0.2, 0.25) is 0 Å². The van der Waals surface area contributed by atoms with Crippen LogP contribution in [0.15, 0.2) is 18.2 Å². The maximum absolute atomic E-state index is 11.8. The summed E-state index contributed by atoms with van der Waals surface area (Å²) in [7, 11) is 0. The largest absolute Gasteiger partial charge is 0.507 e. The number of carboxylic acid groups (broad SMARTS) is 1. The fourth-order valence-corrected chi connectivity index (χ4v) is 2.99. The number of anilines is 1. The van der Waals surface area contributed by atoms with Gasteiger partial charge in [-0.05, 0) is 30.4 Å². The van der Waals surface area contributed by atoms with Gasteiger partial charge in [-0.2, -0.15) is 11.8 Å². The minimum Gasteiger partial charge on any atom is -0.507 e. The summed E-state index contributed by atoms with van der Waals surface area (Å²) >= 11 is 1.74. The third-order valence-electron chi connectivity index (χ3n) is 2.79. The predicted octanol–water partition coefficient (Wildman–Crippen LogP) is 1.78. The number of hydrogen-bond acceptors (Lipinski definition) is 4. The lowest BCUT2D eigenvalue weighted by Gasteiger charge is -2.10. The first-order valence-electron chi connectivity index (χ1n) is 5.53. The number of hydrogen-bond donors (Lipinski definition) is 3. The Labute approximate surface area is 108 Å². The Kier molecular flexibility index (Phi) is 3.76. The number of carboxylic acids is 1. The summed E-state index contributed by atoms with van der Waals surface area (Å²) in [5.74, 6) is 0.139. The third-order valence-corrected chi connectivity index (χ3v) is 3.96. The van der Waals surface area contributed by atoms with Crippen molar-refractivity contribution in [1.29, 1.82) is 0 Å². The molecule has 5 nitrogen and oxygen atoms in total. The monoisotopic (exact) mass is 267 g/mol. The predicted molar refractivity (Wildman–Crippen MR) is 69.1 cm³/mol. The number of thioether (sulfide) groups is 1. The van der Waals surface area contributed by atoms with Gasteiger partial charge in [-0.25, -0.2) is 4.79 Å². The molecule has 6 heteroatoms. The summed E-state index contributed by atoms with van der Waals surface area (Å²) in [6, 6.07) is 4.02. The van der Waals surface area contributed by atoms with E-state index >= 15 is 0 Å². The standard InChI is InChI=1S/C12H13NO4S/c14-10-2-1-8(5-9(10)12(16)17)13-11(15)7-3-4-18-6-7/h1-2,5,7,14H,3-4,6H2,(H,13,15)(H,16,17). The normalized spacial score (nSPS) is 18.6. The molecule has 0 spiro atoms. The van der Waals surface area contributed by atoms with E-state index in [9.17, 15) is 14.7 Å². The lowest BCUT2D eigenvalue weighted by molar-refractivity contribution is -0.119. The van der Waals surface area contributed by atoms with Crippen molar-refractivity contribution in [2.24, 2.45) is 5.92 Å². The van der Waals surface area contributed by atoms with Gasteiger partial charge in [0.1, 0.15) is 11.3 Å². The van der Waals surface area contributed by atoms with Crippen molar-refractivity contribution in [3.05, 3.63) is 23.8 Å². The molecule has 0 aromatic heterocycles. The van der Waals surface area contributed by atoms with Crippen LogP contribution in [0.4, 0.5) is 5.69 Å². The van der Waals surface area contributed by atoms with Gasteiger partial charge in [0.25, 0.3) is 0 Å². The molecule has 1 unspecified atom stereocenters. The molecule has 1 atom stereocenters. The quantitative estimate of drug-likeness (QED) is 0.727. The van der Waals surface area contributed by atoms with Gasteiger partial charge in [-0.15, -0.1) is 0 Å². The topological polar surface area (TPSA) is 86.6 Å². The van der Waals surface area contributed by atoms with Crippen LogP contribution in [-0.4, -0.2) is 33.6 Å². The van der Waals surface area contributed by atoms with E-state index in [1.807, 2.05) is 0 Å². The van der Waals surface area contributed by atoms with E-state index in [0.29, 0.717) is 5.69 Å². The first-order chi connectivity index (χ1) is 8.58. The zero-order valence-electron chi connectivity index (χ0n) is 9.55. The van der Waals surface area contributed by atoms with Crippen molar-refractivity contribution >= 4 is 29.3 Å². The Hall–Kier alpha value is -1.69. The molecule has 1 aliphatic rings. The molecule has 0 saturated carbocycles. The maximum atomic E-state index is 11.8. The SMILES string of the molecule is O=C(O)c1cc(NC(=O)C2CCSC2)ccc1O. The molecule has 96 valence electrons.